The molecule has 0 N–H and O–H groups in total. The zero-order valence-corrected chi connectivity index (χ0v) is 12.1. The lowest BCUT2D eigenvalue weighted by Crippen LogP contribution is -2.23. The molecule has 4 nitrogen and oxygen atoms in total. The highest BCUT2D eigenvalue weighted by molar-refractivity contribution is 9.10. The van der Waals surface area contributed by atoms with Gasteiger partial charge in [-0.3, -0.25) is 9.36 Å². The number of halogens is 2. The van der Waals surface area contributed by atoms with Gasteiger partial charge in [-0.25, -0.2) is 9.37 Å². The molecule has 1 aromatic heterocycles. The molecule has 0 aliphatic carbocycles. The number of aryl methyl sites for hydroxylation is 1. The summed E-state index contributed by atoms with van der Waals surface area (Å²) in [5.74, 6) is 0.0276. The van der Waals surface area contributed by atoms with Crippen LogP contribution in [0, 0.1) is 12.7 Å². The first-order valence-electron chi connectivity index (χ1n) is 5.57. The largest absolute Gasteiger partial charge is 0.497 e. The molecule has 0 aliphatic rings. The zero-order valence-electron chi connectivity index (χ0n) is 10.5. The van der Waals surface area contributed by atoms with Crippen molar-refractivity contribution in [2.75, 3.05) is 7.11 Å². The zero-order chi connectivity index (χ0) is 14.0. The van der Waals surface area contributed by atoms with Crippen molar-refractivity contribution in [3.05, 3.63) is 56.4 Å². The summed E-state index contributed by atoms with van der Waals surface area (Å²) in [4.78, 5) is 16.0. The van der Waals surface area contributed by atoms with E-state index in [0.717, 1.165) is 0 Å². The van der Waals surface area contributed by atoms with E-state index in [1.54, 1.807) is 19.1 Å². The number of rotatable bonds is 3. The van der Waals surface area contributed by atoms with Gasteiger partial charge in [0.25, 0.3) is 5.56 Å². The normalized spacial score (nSPS) is 10.5. The van der Waals surface area contributed by atoms with Crippen molar-refractivity contribution in [2.45, 2.75) is 13.5 Å². The summed E-state index contributed by atoms with van der Waals surface area (Å²) in [6, 6.07) is 4.53. The van der Waals surface area contributed by atoms with Gasteiger partial charge in [0.05, 0.1) is 25.7 Å². The smallest absolute Gasteiger partial charge is 0.268 e. The third kappa shape index (κ3) is 2.84. The van der Waals surface area contributed by atoms with E-state index in [0.29, 0.717) is 21.5 Å². The van der Waals surface area contributed by atoms with E-state index >= 15 is 0 Å². The quantitative estimate of drug-likeness (QED) is 0.870. The van der Waals surface area contributed by atoms with Crippen LogP contribution >= 0.6 is 15.9 Å². The topological polar surface area (TPSA) is 44.1 Å². The molecule has 100 valence electrons. The van der Waals surface area contributed by atoms with Gasteiger partial charge in [-0.1, -0.05) is 6.07 Å². The van der Waals surface area contributed by atoms with E-state index in [4.69, 9.17) is 4.74 Å². The van der Waals surface area contributed by atoms with Gasteiger partial charge in [-0.2, -0.15) is 0 Å². The van der Waals surface area contributed by atoms with E-state index < -0.39 is 5.82 Å². The highest BCUT2D eigenvalue weighted by Gasteiger charge is 2.09. The Balaban J connectivity index is 2.37. The van der Waals surface area contributed by atoms with E-state index in [2.05, 4.69) is 20.9 Å². The van der Waals surface area contributed by atoms with Crippen LogP contribution in [-0.2, 0) is 6.54 Å². The van der Waals surface area contributed by atoms with Gasteiger partial charge in [0.2, 0.25) is 0 Å². The Labute approximate surface area is 118 Å². The third-order valence-electron chi connectivity index (χ3n) is 2.76. The predicted molar refractivity (Wildman–Crippen MR) is 73.0 cm³/mol. The second-order valence-electron chi connectivity index (χ2n) is 4.03. The summed E-state index contributed by atoms with van der Waals surface area (Å²) in [5, 5.41) is 0. The minimum Gasteiger partial charge on any atom is -0.497 e. The molecule has 0 spiro atoms. The Bertz CT molecular complexity index is 670. The highest BCUT2D eigenvalue weighted by atomic mass is 79.9. The summed E-state index contributed by atoms with van der Waals surface area (Å²) >= 11 is 3.18. The van der Waals surface area contributed by atoms with Gasteiger partial charge in [-0.05, 0) is 28.9 Å². The van der Waals surface area contributed by atoms with Crippen LogP contribution in [0.5, 0.6) is 5.75 Å². The van der Waals surface area contributed by atoms with Gasteiger partial charge in [-0.15, -0.1) is 0 Å². The monoisotopic (exact) mass is 326 g/mol. The number of hydrogen-bond acceptors (Lipinski definition) is 3. The van der Waals surface area contributed by atoms with Crippen LogP contribution in [0.1, 0.15) is 11.3 Å². The molecule has 0 unspecified atom stereocenters. The first-order valence-corrected chi connectivity index (χ1v) is 6.36. The second kappa shape index (κ2) is 5.52. The van der Waals surface area contributed by atoms with Crippen molar-refractivity contribution in [3.8, 4) is 5.75 Å². The van der Waals surface area contributed by atoms with E-state index in [1.807, 2.05) is 0 Å². The minimum atomic E-state index is -0.414. The van der Waals surface area contributed by atoms with Gasteiger partial charge in [0, 0.05) is 11.6 Å². The SMILES string of the molecule is COc1ccc(Cn2cnc(C)c(Br)c2=O)c(F)c1. The van der Waals surface area contributed by atoms with Crippen LogP contribution in [0.3, 0.4) is 0 Å². The van der Waals surface area contributed by atoms with Gasteiger partial charge >= 0.3 is 0 Å². The molecule has 0 radical (unpaired) electrons. The number of methoxy groups -OCH3 is 1. The molecule has 2 aromatic rings. The second-order valence-corrected chi connectivity index (χ2v) is 4.83. The first-order chi connectivity index (χ1) is 9.02. The summed E-state index contributed by atoms with van der Waals surface area (Å²) < 4.78 is 20.5. The summed E-state index contributed by atoms with van der Waals surface area (Å²) in [7, 11) is 1.47. The van der Waals surface area contributed by atoms with E-state index in [1.165, 1.54) is 24.1 Å². The molecule has 0 amide bonds. The Morgan fingerprint density at radius 2 is 2.21 bits per heavy atom. The van der Waals surface area contributed by atoms with Crippen LogP contribution in [0.15, 0.2) is 33.8 Å². The van der Waals surface area contributed by atoms with Gasteiger partial charge in [0.1, 0.15) is 16.0 Å². The molecule has 0 fully saturated rings. The predicted octanol–water partition coefficient (Wildman–Crippen LogP) is 2.51. The van der Waals surface area contributed by atoms with Crippen molar-refractivity contribution in [1.29, 1.82) is 0 Å². The molecule has 0 bridgehead atoms. The average molecular weight is 327 g/mol. The molecular formula is C13H12BrFN2O2. The van der Waals surface area contributed by atoms with Crippen LogP contribution in [-0.4, -0.2) is 16.7 Å². The van der Waals surface area contributed by atoms with Crippen molar-refractivity contribution in [2.24, 2.45) is 0 Å². The summed E-state index contributed by atoms with van der Waals surface area (Å²) in [6.45, 7) is 1.85. The van der Waals surface area contributed by atoms with Crippen LogP contribution in [0.25, 0.3) is 0 Å². The van der Waals surface area contributed by atoms with Crippen LogP contribution < -0.4 is 10.3 Å². The first kappa shape index (κ1) is 13.7. The van der Waals surface area contributed by atoms with Crippen molar-refractivity contribution in [3.63, 3.8) is 0 Å². The molecule has 19 heavy (non-hydrogen) atoms. The molecule has 1 heterocycles. The lowest BCUT2D eigenvalue weighted by atomic mass is 10.2. The Hall–Kier alpha value is -1.69. The molecular weight excluding hydrogens is 315 g/mol. The molecule has 2 rings (SSSR count). The lowest BCUT2D eigenvalue weighted by Gasteiger charge is -2.09. The van der Waals surface area contributed by atoms with E-state index in [-0.39, 0.29) is 12.1 Å². The minimum absolute atomic E-state index is 0.126. The standard InChI is InChI=1S/C13H12BrFN2O2/c1-8-12(14)13(18)17(7-16-8)6-9-3-4-10(19-2)5-11(9)15/h3-5,7H,6H2,1-2H3. The van der Waals surface area contributed by atoms with Crippen molar-refractivity contribution in [1.82, 2.24) is 9.55 Å². The average Bonchev–Trinajstić information content (AvgIpc) is 2.41. The number of benzene rings is 1. The highest BCUT2D eigenvalue weighted by Crippen LogP contribution is 2.17. The lowest BCUT2D eigenvalue weighted by molar-refractivity contribution is 0.410. The summed E-state index contributed by atoms with van der Waals surface area (Å²) in [6.07, 6.45) is 1.41. The molecule has 1 aromatic carbocycles. The maximum Gasteiger partial charge on any atom is 0.268 e. The van der Waals surface area contributed by atoms with Crippen LogP contribution in [0.2, 0.25) is 0 Å². The Kier molecular flexibility index (Phi) is 3.99. The fraction of sp³-hybridized carbons (Fsp3) is 0.231. The van der Waals surface area contributed by atoms with Crippen molar-refractivity contribution < 1.29 is 9.13 Å². The maximum absolute atomic E-state index is 13.8. The number of nitrogens with zero attached hydrogens (tertiary/aromatic N) is 2. The fourth-order valence-corrected chi connectivity index (χ4v) is 1.96. The van der Waals surface area contributed by atoms with Crippen LogP contribution in [0.4, 0.5) is 4.39 Å². The third-order valence-corrected chi connectivity index (χ3v) is 3.67. The molecule has 0 saturated carbocycles. The van der Waals surface area contributed by atoms with Gasteiger partial charge in [0.15, 0.2) is 0 Å². The Morgan fingerprint density at radius 1 is 1.47 bits per heavy atom. The number of aromatic nitrogens is 2. The molecule has 0 atom stereocenters. The van der Waals surface area contributed by atoms with Gasteiger partial charge < -0.3 is 4.74 Å². The molecule has 6 heteroatoms. The number of hydrogen-bond donors (Lipinski definition) is 0. The summed E-state index contributed by atoms with van der Waals surface area (Å²) in [5.41, 5.74) is 0.777. The van der Waals surface area contributed by atoms with E-state index in [9.17, 15) is 9.18 Å². The molecule has 0 saturated heterocycles. The number of ether oxygens (including phenoxy) is 1. The Morgan fingerprint density at radius 3 is 2.84 bits per heavy atom. The molecule has 0 aliphatic heterocycles. The van der Waals surface area contributed by atoms with Crippen molar-refractivity contribution >= 4 is 15.9 Å². The maximum atomic E-state index is 13.8. The fourth-order valence-electron chi connectivity index (χ4n) is 1.63.